The van der Waals surface area contributed by atoms with E-state index < -0.39 is 22.6 Å². The van der Waals surface area contributed by atoms with Gasteiger partial charge in [-0.15, -0.1) is 0 Å². The molecule has 0 fully saturated rings. The van der Waals surface area contributed by atoms with Crippen molar-refractivity contribution in [3.63, 3.8) is 0 Å². The summed E-state index contributed by atoms with van der Waals surface area (Å²) in [5, 5.41) is 0. The highest BCUT2D eigenvalue weighted by Gasteiger charge is 2.56. The van der Waals surface area contributed by atoms with E-state index >= 15 is 0 Å². The van der Waals surface area contributed by atoms with E-state index in [4.69, 9.17) is 11.5 Å². The van der Waals surface area contributed by atoms with Gasteiger partial charge < -0.3 is 11.5 Å². The molecule has 4 heteroatoms. The van der Waals surface area contributed by atoms with E-state index in [1.165, 1.54) is 0 Å². The molecule has 0 amide bonds. The van der Waals surface area contributed by atoms with E-state index in [0.717, 1.165) is 12.2 Å². The quantitative estimate of drug-likeness (QED) is 0.766. The van der Waals surface area contributed by atoms with Gasteiger partial charge in [0.2, 0.25) is 0 Å². The van der Waals surface area contributed by atoms with Crippen LogP contribution in [0.4, 0.5) is 0 Å². The second kappa shape index (κ2) is 6.74. The zero-order valence-electron chi connectivity index (χ0n) is 13.3. The molecule has 2 aromatic carbocycles. The van der Waals surface area contributed by atoms with Gasteiger partial charge in [0, 0.05) is 0 Å². The summed E-state index contributed by atoms with van der Waals surface area (Å²) in [6.45, 7) is 7.04. The van der Waals surface area contributed by atoms with Gasteiger partial charge in [0.25, 0.3) is 0 Å². The van der Waals surface area contributed by atoms with Gasteiger partial charge in [-0.2, -0.15) is 0 Å². The molecule has 0 spiro atoms. The third kappa shape index (κ3) is 2.52. The van der Waals surface area contributed by atoms with Crippen molar-refractivity contribution in [2.75, 3.05) is 0 Å². The molecule has 2 aromatic rings. The van der Waals surface area contributed by atoms with Crippen LogP contribution in [0.5, 0.6) is 0 Å². The van der Waals surface area contributed by atoms with Crippen molar-refractivity contribution in [3.8, 4) is 0 Å². The van der Waals surface area contributed by atoms with Crippen LogP contribution in [0, 0.1) is 0 Å². The summed E-state index contributed by atoms with van der Waals surface area (Å²) in [7, 11) is 0. The Balaban J connectivity index is 2.86. The molecule has 2 unspecified atom stereocenters. The molecule has 0 heterocycles. The first-order valence-electron chi connectivity index (χ1n) is 7.45. The van der Waals surface area contributed by atoms with Crippen molar-refractivity contribution in [3.05, 3.63) is 97.1 Å². The lowest BCUT2D eigenvalue weighted by Gasteiger charge is -2.43. The number of rotatable bonds is 7. The molecule has 2 atom stereocenters. The number of carbonyl (C=O) groups excluding carboxylic acids is 2. The van der Waals surface area contributed by atoms with E-state index in [9.17, 15) is 9.59 Å². The number of hydrogen-bond donors (Lipinski definition) is 2. The summed E-state index contributed by atoms with van der Waals surface area (Å²) in [5.74, 6) is -1.09. The topological polar surface area (TPSA) is 86.2 Å². The maximum absolute atomic E-state index is 12.8. The summed E-state index contributed by atoms with van der Waals surface area (Å²) in [5.41, 5.74) is 10.3. The van der Waals surface area contributed by atoms with Crippen LogP contribution in [0.15, 0.2) is 86.0 Å². The van der Waals surface area contributed by atoms with Crippen molar-refractivity contribution in [1.82, 2.24) is 0 Å². The van der Waals surface area contributed by atoms with Crippen LogP contribution in [-0.4, -0.2) is 11.6 Å². The van der Waals surface area contributed by atoms with Crippen LogP contribution in [0.25, 0.3) is 0 Å². The molecule has 24 heavy (non-hydrogen) atoms. The third-order valence-electron chi connectivity index (χ3n) is 4.23. The van der Waals surface area contributed by atoms with Crippen LogP contribution in [-0.2, 0) is 20.7 Å². The van der Waals surface area contributed by atoms with Crippen LogP contribution >= 0.6 is 0 Å². The average Bonchev–Trinajstić information content (AvgIpc) is 2.66. The molecule has 0 saturated carbocycles. The normalized spacial score (nSPS) is 15.6. The molecule has 4 N–H and O–H groups in total. The lowest BCUT2D eigenvalue weighted by molar-refractivity contribution is -0.131. The molecule has 0 bridgehead atoms. The Bertz CT molecular complexity index is 703. The molecule has 0 radical (unpaired) electrons. The zero-order chi connectivity index (χ0) is 17.8. The fourth-order valence-corrected chi connectivity index (χ4v) is 2.85. The SMILES string of the molecule is C=CC(=O)C(N)(c1ccccc1)C(N)(C(=O)C=C)c1ccccc1. The monoisotopic (exact) mass is 320 g/mol. The highest BCUT2D eigenvalue weighted by Crippen LogP contribution is 2.39. The van der Waals surface area contributed by atoms with Gasteiger partial charge in [-0.05, 0) is 23.3 Å². The number of hydrogen-bond acceptors (Lipinski definition) is 4. The predicted molar refractivity (Wildman–Crippen MR) is 95.0 cm³/mol. The average molecular weight is 320 g/mol. The largest absolute Gasteiger partial charge is 0.313 e. The Morgan fingerprint density at radius 3 is 1.25 bits per heavy atom. The summed E-state index contributed by atoms with van der Waals surface area (Å²) >= 11 is 0. The Morgan fingerprint density at radius 2 is 1.00 bits per heavy atom. The van der Waals surface area contributed by atoms with Crippen molar-refractivity contribution < 1.29 is 9.59 Å². The summed E-state index contributed by atoms with van der Waals surface area (Å²) < 4.78 is 0. The molecule has 4 nitrogen and oxygen atoms in total. The fourth-order valence-electron chi connectivity index (χ4n) is 2.85. The number of nitrogens with two attached hydrogens (primary N) is 2. The minimum atomic E-state index is -1.82. The summed E-state index contributed by atoms with van der Waals surface area (Å²) in [6.07, 6.45) is 2.18. The molecule has 0 saturated heterocycles. The zero-order valence-corrected chi connectivity index (χ0v) is 13.3. The first-order chi connectivity index (χ1) is 11.4. The van der Waals surface area contributed by atoms with Gasteiger partial charge in [-0.3, -0.25) is 9.59 Å². The number of carbonyl (C=O) groups is 2. The number of ketones is 2. The minimum absolute atomic E-state index is 0.427. The van der Waals surface area contributed by atoms with Gasteiger partial charge in [-0.1, -0.05) is 73.8 Å². The fraction of sp³-hybridized carbons (Fsp3) is 0.100. The molecular weight excluding hydrogens is 300 g/mol. The lowest BCUT2D eigenvalue weighted by Crippen LogP contribution is -2.68. The first-order valence-corrected chi connectivity index (χ1v) is 7.45. The second-order valence-corrected chi connectivity index (χ2v) is 5.48. The number of benzene rings is 2. The smallest absolute Gasteiger partial charge is 0.182 e. The molecule has 0 aliphatic rings. The van der Waals surface area contributed by atoms with Gasteiger partial charge in [0.05, 0.1) is 0 Å². The summed E-state index contributed by atoms with van der Waals surface area (Å²) in [4.78, 5) is 25.5. The molecule has 2 rings (SSSR count). The van der Waals surface area contributed by atoms with Crippen molar-refractivity contribution in [2.24, 2.45) is 11.5 Å². The van der Waals surface area contributed by atoms with Crippen molar-refractivity contribution in [1.29, 1.82) is 0 Å². The molecule has 0 aliphatic carbocycles. The van der Waals surface area contributed by atoms with Gasteiger partial charge in [0.1, 0.15) is 11.1 Å². The molecule has 122 valence electrons. The van der Waals surface area contributed by atoms with Gasteiger partial charge in [0.15, 0.2) is 11.6 Å². The van der Waals surface area contributed by atoms with E-state index in [-0.39, 0.29) is 0 Å². The Labute approximate surface area is 141 Å². The Morgan fingerprint density at radius 1 is 0.708 bits per heavy atom. The van der Waals surface area contributed by atoms with Crippen LogP contribution in [0.1, 0.15) is 11.1 Å². The summed E-state index contributed by atoms with van der Waals surface area (Å²) in [6, 6.07) is 17.2. The Hall–Kier alpha value is -2.82. The maximum atomic E-state index is 12.8. The van der Waals surface area contributed by atoms with E-state index in [1.54, 1.807) is 60.7 Å². The highest BCUT2D eigenvalue weighted by atomic mass is 16.1. The first kappa shape index (κ1) is 17.5. The van der Waals surface area contributed by atoms with Gasteiger partial charge >= 0.3 is 0 Å². The van der Waals surface area contributed by atoms with Crippen LogP contribution < -0.4 is 11.5 Å². The van der Waals surface area contributed by atoms with Gasteiger partial charge in [-0.25, -0.2) is 0 Å². The van der Waals surface area contributed by atoms with Crippen molar-refractivity contribution >= 4 is 11.6 Å². The van der Waals surface area contributed by atoms with Crippen LogP contribution in [0.2, 0.25) is 0 Å². The predicted octanol–water partition coefficient (Wildman–Crippen LogP) is 2.21. The second-order valence-electron chi connectivity index (χ2n) is 5.48. The molecule has 0 aliphatic heterocycles. The third-order valence-corrected chi connectivity index (χ3v) is 4.23. The van der Waals surface area contributed by atoms with E-state index in [2.05, 4.69) is 13.2 Å². The van der Waals surface area contributed by atoms with Crippen molar-refractivity contribution in [2.45, 2.75) is 11.1 Å². The maximum Gasteiger partial charge on any atom is 0.182 e. The lowest BCUT2D eigenvalue weighted by atomic mass is 9.65. The van der Waals surface area contributed by atoms with E-state index in [0.29, 0.717) is 11.1 Å². The van der Waals surface area contributed by atoms with E-state index in [1.807, 2.05) is 0 Å². The van der Waals surface area contributed by atoms with Crippen LogP contribution in [0.3, 0.4) is 0 Å². The molecular formula is C20H20N2O2. The minimum Gasteiger partial charge on any atom is -0.313 e. The standard InChI is InChI=1S/C20H20N2O2/c1-3-17(23)19(21,15-11-7-5-8-12-15)20(22,18(24)4-2)16-13-9-6-10-14-16/h3-14H,1-2,21-22H2. The molecule has 0 aromatic heterocycles. The highest BCUT2D eigenvalue weighted by molar-refractivity contribution is 6.09. The Kier molecular flexibility index (Phi) is 4.93.